The summed E-state index contributed by atoms with van der Waals surface area (Å²) in [6, 6.07) is 12.6. The zero-order valence-corrected chi connectivity index (χ0v) is 20.8. The molecule has 0 saturated carbocycles. The van der Waals surface area contributed by atoms with Gasteiger partial charge in [0.1, 0.15) is 18.2 Å². The van der Waals surface area contributed by atoms with Gasteiger partial charge in [0.05, 0.1) is 11.2 Å². The quantitative estimate of drug-likeness (QED) is 0.215. The molecule has 0 radical (unpaired) electrons. The fraction of sp³-hybridized carbons (Fsp3) is 0.308. The number of rotatable bonds is 11. The standard InChI is InChI=1S/C22H22N4O3.C4H10S/c1-2-11-28-15-25-20(9-10-23)17-4-8-22(24-13-17)29-19-6-7-21-16(12-19)3-5-18(14-27)26-21;1-3-4-5-2/h3-10,12-14H,2,11,15,23H2,1H3;3-4H2,1-2H3/b10-9-,25-20-;. The average molecular weight is 481 g/mol. The third-order valence-corrected chi connectivity index (χ3v) is 5.21. The van der Waals surface area contributed by atoms with Crippen LogP contribution in [0.4, 0.5) is 0 Å². The fourth-order valence-electron chi connectivity index (χ4n) is 2.82. The summed E-state index contributed by atoms with van der Waals surface area (Å²) in [7, 11) is 0. The molecule has 2 N–H and O–H groups in total. The van der Waals surface area contributed by atoms with Crippen molar-refractivity contribution in [2.24, 2.45) is 10.7 Å². The van der Waals surface area contributed by atoms with Crippen LogP contribution in [0.2, 0.25) is 0 Å². The molecule has 8 heteroatoms. The third-order valence-electron chi connectivity index (χ3n) is 4.39. The van der Waals surface area contributed by atoms with E-state index in [9.17, 15) is 4.79 Å². The Balaban J connectivity index is 0.000000739. The van der Waals surface area contributed by atoms with Crippen molar-refractivity contribution in [1.82, 2.24) is 9.97 Å². The Kier molecular flexibility index (Phi) is 12.4. The minimum Gasteiger partial charge on any atom is -0.439 e. The number of nitrogens with zero attached hydrogens (tertiary/aromatic N) is 3. The Labute approximate surface area is 205 Å². The largest absolute Gasteiger partial charge is 0.439 e. The van der Waals surface area contributed by atoms with Gasteiger partial charge in [0.15, 0.2) is 6.29 Å². The van der Waals surface area contributed by atoms with E-state index in [2.05, 4.69) is 28.1 Å². The molecule has 0 spiro atoms. The van der Waals surface area contributed by atoms with Crippen LogP contribution in [0.1, 0.15) is 42.7 Å². The van der Waals surface area contributed by atoms with E-state index in [1.165, 1.54) is 18.4 Å². The fourth-order valence-corrected chi connectivity index (χ4v) is 3.23. The number of pyridine rings is 2. The van der Waals surface area contributed by atoms with Crippen LogP contribution in [-0.4, -0.2) is 47.3 Å². The number of nitrogens with two attached hydrogens (primary N) is 1. The number of fused-ring (bicyclic) bond motifs is 1. The van der Waals surface area contributed by atoms with Gasteiger partial charge < -0.3 is 15.2 Å². The molecule has 7 nitrogen and oxygen atoms in total. The van der Waals surface area contributed by atoms with E-state index in [0.717, 1.165) is 29.2 Å². The topological polar surface area (TPSA) is 99.7 Å². The monoisotopic (exact) mass is 480 g/mol. The Morgan fingerprint density at radius 3 is 2.62 bits per heavy atom. The summed E-state index contributed by atoms with van der Waals surface area (Å²) in [4.78, 5) is 23.8. The number of hydrogen-bond donors (Lipinski definition) is 1. The number of carbonyl (C=O) groups is 1. The number of thioether (sulfide) groups is 1. The first-order valence-corrected chi connectivity index (χ1v) is 12.5. The maximum absolute atomic E-state index is 10.8. The summed E-state index contributed by atoms with van der Waals surface area (Å²) in [5.74, 6) is 2.38. The molecule has 3 aromatic rings. The van der Waals surface area contributed by atoms with Gasteiger partial charge in [-0.1, -0.05) is 19.9 Å². The van der Waals surface area contributed by atoms with E-state index in [-0.39, 0.29) is 6.73 Å². The summed E-state index contributed by atoms with van der Waals surface area (Å²) >= 11 is 1.90. The second-order valence-electron chi connectivity index (χ2n) is 7.13. The maximum atomic E-state index is 10.8. The van der Waals surface area contributed by atoms with Crippen LogP contribution >= 0.6 is 11.8 Å². The molecule has 180 valence electrons. The van der Waals surface area contributed by atoms with Crippen LogP contribution < -0.4 is 10.5 Å². The normalized spacial score (nSPS) is 11.3. The highest BCUT2D eigenvalue weighted by Gasteiger charge is 2.05. The van der Waals surface area contributed by atoms with Gasteiger partial charge in [-0.2, -0.15) is 11.8 Å². The van der Waals surface area contributed by atoms with Crippen molar-refractivity contribution in [3.63, 3.8) is 0 Å². The highest BCUT2D eigenvalue weighted by molar-refractivity contribution is 7.98. The Hall–Kier alpha value is -3.23. The predicted octanol–water partition coefficient (Wildman–Crippen LogP) is 5.64. The molecule has 0 saturated heterocycles. The van der Waals surface area contributed by atoms with Gasteiger partial charge in [-0.25, -0.2) is 9.97 Å². The first kappa shape index (κ1) is 27.0. The minimum absolute atomic E-state index is 0.267. The number of aromatic nitrogens is 2. The number of aliphatic imine (C=N–C) groups is 1. The van der Waals surface area contributed by atoms with E-state index >= 15 is 0 Å². The molecule has 2 aromatic heterocycles. The number of ether oxygens (including phenoxy) is 2. The van der Waals surface area contributed by atoms with Crippen LogP contribution in [0.15, 0.2) is 65.9 Å². The lowest BCUT2D eigenvalue weighted by molar-refractivity contribution is 0.111. The molecule has 3 rings (SSSR count). The van der Waals surface area contributed by atoms with Crippen LogP contribution in [0.5, 0.6) is 11.6 Å². The lowest BCUT2D eigenvalue weighted by Crippen LogP contribution is -2.03. The van der Waals surface area contributed by atoms with Gasteiger partial charge in [0.2, 0.25) is 5.88 Å². The first-order valence-electron chi connectivity index (χ1n) is 11.1. The molecule has 0 aliphatic rings. The van der Waals surface area contributed by atoms with Gasteiger partial charge in [0, 0.05) is 29.8 Å². The molecule has 0 amide bonds. The van der Waals surface area contributed by atoms with E-state index in [0.29, 0.717) is 29.6 Å². The van der Waals surface area contributed by atoms with Crippen LogP contribution in [0.25, 0.3) is 10.9 Å². The molecule has 34 heavy (non-hydrogen) atoms. The smallest absolute Gasteiger partial charge is 0.219 e. The Morgan fingerprint density at radius 2 is 2.00 bits per heavy atom. The van der Waals surface area contributed by atoms with E-state index in [1.807, 2.05) is 36.9 Å². The molecule has 1 aromatic carbocycles. The molecular formula is C26H32N4O3S. The Morgan fingerprint density at radius 1 is 1.15 bits per heavy atom. The second kappa shape index (κ2) is 15.6. The van der Waals surface area contributed by atoms with E-state index < -0.39 is 0 Å². The molecular weight excluding hydrogens is 448 g/mol. The SMILES string of the molecule is CCCOC/N=C(/C=C\N)c1ccc(Oc2ccc3nc(C=O)ccc3c2)nc1.CCCSC. The molecule has 2 heterocycles. The Bertz CT molecular complexity index is 1080. The zero-order chi connectivity index (χ0) is 24.6. The van der Waals surface area contributed by atoms with Crippen LogP contribution in [-0.2, 0) is 4.74 Å². The van der Waals surface area contributed by atoms with Gasteiger partial charge >= 0.3 is 0 Å². The van der Waals surface area contributed by atoms with Crippen molar-refractivity contribution in [2.45, 2.75) is 26.7 Å². The van der Waals surface area contributed by atoms with Crippen LogP contribution in [0.3, 0.4) is 0 Å². The predicted molar refractivity (Wildman–Crippen MR) is 141 cm³/mol. The number of carbonyl (C=O) groups excluding carboxylic acids is 1. The molecule has 0 aliphatic carbocycles. The van der Waals surface area contributed by atoms with Crippen molar-refractivity contribution in [1.29, 1.82) is 0 Å². The van der Waals surface area contributed by atoms with E-state index in [4.69, 9.17) is 15.2 Å². The van der Waals surface area contributed by atoms with Crippen molar-refractivity contribution in [3.05, 3.63) is 72.2 Å². The molecule has 0 atom stereocenters. The lowest BCUT2D eigenvalue weighted by Gasteiger charge is -2.07. The van der Waals surface area contributed by atoms with Crippen LogP contribution in [0, 0.1) is 0 Å². The van der Waals surface area contributed by atoms with E-state index in [1.54, 1.807) is 36.5 Å². The summed E-state index contributed by atoms with van der Waals surface area (Å²) < 4.78 is 11.2. The van der Waals surface area contributed by atoms with Gasteiger partial charge in [0.25, 0.3) is 0 Å². The zero-order valence-electron chi connectivity index (χ0n) is 19.9. The van der Waals surface area contributed by atoms with Crippen molar-refractivity contribution in [3.8, 4) is 11.6 Å². The number of allylic oxidation sites excluding steroid dienone is 1. The summed E-state index contributed by atoms with van der Waals surface area (Å²) in [6.45, 7) is 5.16. The summed E-state index contributed by atoms with van der Waals surface area (Å²) in [5, 5.41) is 0.874. The molecule has 0 aliphatic heterocycles. The number of hydrogen-bond acceptors (Lipinski definition) is 8. The molecule has 0 bridgehead atoms. The highest BCUT2D eigenvalue weighted by Crippen LogP contribution is 2.24. The number of benzene rings is 1. The average Bonchev–Trinajstić information content (AvgIpc) is 2.87. The highest BCUT2D eigenvalue weighted by atomic mass is 32.2. The first-order chi connectivity index (χ1) is 16.6. The van der Waals surface area contributed by atoms with Crippen molar-refractivity contribution in [2.75, 3.05) is 25.3 Å². The van der Waals surface area contributed by atoms with Gasteiger partial charge in [-0.05, 0) is 67.5 Å². The van der Waals surface area contributed by atoms with Crippen molar-refractivity contribution < 1.29 is 14.3 Å². The minimum atomic E-state index is 0.267. The maximum Gasteiger partial charge on any atom is 0.219 e. The van der Waals surface area contributed by atoms with Gasteiger partial charge in [-0.15, -0.1) is 0 Å². The lowest BCUT2D eigenvalue weighted by atomic mass is 10.2. The molecule has 0 fully saturated rings. The van der Waals surface area contributed by atoms with Crippen molar-refractivity contribution >= 4 is 34.7 Å². The summed E-state index contributed by atoms with van der Waals surface area (Å²) in [5.41, 5.74) is 8.14. The third kappa shape index (κ3) is 8.96. The second-order valence-corrected chi connectivity index (χ2v) is 8.11. The number of aldehydes is 1. The summed E-state index contributed by atoms with van der Waals surface area (Å²) in [6.07, 6.45) is 9.91. The van der Waals surface area contributed by atoms with Gasteiger partial charge in [-0.3, -0.25) is 9.79 Å². The molecule has 0 unspecified atom stereocenters.